The van der Waals surface area contributed by atoms with Gasteiger partial charge in [-0.15, -0.1) is 0 Å². The largest absolute Gasteiger partial charge is 0.444 e. The van der Waals surface area contributed by atoms with E-state index in [1.807, 2.05) is 0 Å². The van der Waals surface area contributed by atoms with Crippen molar-refractivity contribution >= 4 is 12.0 Å². The Hall–Kier alpha value is -2.05. The first-order valence-electron chi connectivity index (χ1n) is 5.46. The molecule has 7 nitrogen and oxygen atoms in total. The van der Waals surface area contributed by atoms with Crippen LogP contribution in [0.1, 0.15) is 37.0 Å². The summed E-state index contributed by atoms with van der Waals surface area (Å²) >= 11 is 0. The van der Waals surface area contributed by atoms with Crippen LogP contribution in [0.5, 0.6) is 0 Å². The molecule has 1 aromatic rings. The molecule has 0 spiro atoms. The van der Waals surface area contributed by atoms with Crippen LogP contribution in [0.4, 0.5) is 4.79 Å². The fraction of sp³-hybridized carbons (Fsp3) is 0.545. The van der Waals surface area contributed by atoms with Crippen molar-refractivity contribution in [2.45, 2.75) is 32.9 Å². The molecule has 0 saturated carbocycles. The van der Waals surface area contributed by atoms with E-state index in [9.17, 15) is 9.59 Å². The zero-order chi connectivity index (χ0) is 13.8. The van der Waals surface area contributed by atoms with Crippen molar-refractivity contribution in [3.63, 3.8) is 0 Å². The summed E-state index contributed by atoms with van der Waals surface area (Å²) in [4.78, 5) is 22.6. The van der Waals surface area contributed by atoms with Crippen LogP contribution in [-0.2, 0) is 11.3 Å². The monoisotopic (exact) mass is 255 g/mol. The summed E-state index contributed by atoms with van der Waals surface area (Å²) in [5.41, 5.74) is -0.392. The third-order valence-electron chi connectivity index (χ3n) is 1.82. The Kier molecular flexibility index (Phi) is 4.30. The summed E-state index contributed by atoms with van der Waals surface area (Å²) in [7, 11) is 1.50. The van der Waals surface area contributed by atoms with Gasteiger partial charge in [-0.05, 0) is 20.8 Å². The topological polar surface area (TPSA) is 93.5 Å². The molecule has 0 fully saturated rings. The lowest BCUT2D eigenvalue weighted by Crippen LogP contribution is -2.32. The molecule has 7 heteroatoms. The van der Waals surface area contributed by atoms with Gasteiger partial charge < -0.3 is 19.9 Å². The average molecular weight is 255 g/mol. The summed E-state index contributed by atoms with van der Waals surface area (Å²) in [6.07, 6.45) is -0.555. The first kappa shape index (κ1) is 14.0. The summed E-state index contributed by atoms with van der Waals surface area (Å²) < 4.78 is 9.93. The van der Waals surface area contributed by atoms with Crippen LogP contribution in [0, 0.1) is 0 Å². The minimum atomic E-state index is -0.557. The van der Waals surface area contributed by atoms with Crippen molar-refractivity contribution in [3.05, 3.63) is 17.5 Å². The molecule has 18 heavy (non-hydrogen) atoms. The van der Waals surface area contributed by atoms with E-state index in [2.05, 4.69) is 15.8 Å². The van der Waals surface area contributed by atoms with Gasteiger partial charge in [0.05, 0.1) is 6.54 Å². The van der Waals surface area contributed by atoms with E-state index in [1.54, 1.807) is 20.8 Å². The molecule has 0 bridgehead atoms. The van der Waals surface area contributed by atoms with E-state index in [1.165, 1.54) is 13.1 Å². The number of ether oxygens (including phenoxy) is 1. The second-order valence-corrected chi connectivity index (χ2v) is 4.61. The molecule has 1 heterocycles. The van der Waals surface area contributed by atoms with E-state index in [-0.39, 0.29) is 18.1 Å². The second-order valence-electron chi connectivity index (χ2n) is 4.61. The minimum Gasteiger partial charge on any atom is -0.444 e. The Morgan fingerprint density at radius 1 is 1.44 bits per heavy atom. The highest BCUT2D eigenvalue weighted by atomic mass is 16.6. The predicted octanol–water partition coefficient (Wildman–Crippen LogP) is 1.06. The first-order chi connectivity index (χ1) is 8.31. The number of carbonyl (C=O) groups is 2. The number of hydrogen-bond donors (Lipinski definition) is 2. The third kappa shape index (κ3) is 4.44. The lowest BCUT2D eigenvalue weighted by molar-refractivity contribution is 0.0518. The molecule has 0 aliphatic rings. The normalized spacial score (nSPS) is 10.9. The van der Waals surface area contributed by atoms with Crippen LogP contribution in [0.2, 0.25) is 0 Å². The van der Waals surface area contributed by atoms with Crippen molar-refractivity contribution in [3.8, 4) is 0 Å². The van der Waals surface area contributed by atoms with Crippen molar-refractivity contribution in [2.24, 2.45) is 0 Å². The Morgan fingerprint density at radius 2 is 2.11 bits per heavy atom. The van der Waals surface area contributed by atoms with Gasteiger partial charge in [-0.25, -0.2) is 4.79 Å². The van der Waals surface area contributed by atoms with Crippen molar-refractivity contribution < 1.29 is 18.8 Å². The predicted molar refractivity (Wildman–Crippen MR) is 63.0 cm³/mol. The first-order valence-corrected chi connectivity index (χ1v) is 5.46. The van der Waals surface area contributed by atoms with Crippen LogP contribution in [0.3, 0.4) is 0 Å². The van der Waals surface area contributed by atoms with Gasteiger partial charge in [0.25, 0.3) is 5.91 Å². The van der Waals surface area contributed by atoms with E-state index >= 15 is 0 Å². The quantitative estimate of drug-likeness (QED) is 0.842. The van der Waals surface area contributed by atoms with Crippen molar-refractivity contribution in [2.75, 3.05) is 7.05 Å². The molecular formula is C11H17N3O4. The molecule has 0 saturated heterocycles. The van der Waals surface area contributed by atoms with Gasteiger partial charge in [0.1, 0.15) is 5.60 Å². The van der Waals surface area contributed by atoms with E-state index in [0.717, 1.165) is 0 Å². The molecule has 2 N–H and O–H groups in total. The molecule has 2 amide bonds. The molecule has 0 atom stereocenters. The minimum absolute atomic E-state index is 0.110. The van der Waals surface area contributed by atoms with Crippen molar-refractivity contribution in [1.29, 1.82) is 0 Å². The van der Waals surface area contributed by atoms with Crippen LogP contribution in [-0.4, -0.2) is 29.8 Å². The average Bonchev–Trinajstić information content (AvgIpc) is 2.71. The summed E-state index contributed by atoms with van der Waals surface area (Å²) in [5, 5.41) is 8.48. The van der Waals surface area contributed by atoms with Crippen LogP contribution in [0.15, 0.2) is 10.6 Å². The third-order valence-corrected chi connectivity index (χ3v) is 1.82. The van der Waals surface area contributed by atoms with E-state index in [0.29, 0.717) is 5.76 Å². The molecule has 1 aromatic heterocycles. The summed E-state index contributed by atoms with van der Waals surface area (Å²) in [6.45, 7) is 5.42. The molecule has 0 aliphatic heterocycles. The van der Waals surface area contributed by atoms with Crippen LogP contribution < -0.4 is 10.6 Å². The fourth-order valence-electron chi connectivity index (χ4n) is 1.10. The molecule has 0 unspecified atom stereocenters. The number of hydrogen-bond acceptors (Lipinski definition) is 5. The van der Waals surface area contributed by atoms with Crippen LogP contribution in [0.25, 0.3) is 0 Å². The van der Waals surface area contributed by atoms with E-state index < -0.39 is 11.7 Å². The standard InChI is InChI=1S/C11H17N3O4/c1-11(2,3)17-10(16)13-6-7-5-8(14-18-7)9(15)12-4/h5H,6H2,1-4H3,(H,12,15)(H,13,16). The Bertz CT molecular complexity index is 434. The molecule has 100 valence electrons. The molecule has 1 rings (SSSR count). The second kappa shape index (κ2) is 5.52. The lowest BCUT2D eigenvalue weighted by atomic mass is 10.2. The van der Waals surface area contributed by atoms with Gasteiger partial charge in [-0.3, -0.25) is 4.79 Å². The van der Waals surface area contributed by atoms with Gasteiger partial charge >= 0.3 is 6.09 Å². The van der Waals surface area contributed by atoms with Gasteiger partial charge in [0.15, 0.2) is 11.5 Å². The number of amides is 2. The Morgan fingerprint density at radius 3 is 2.67 bits per heavy atom. The fourth-order valence-corrected chi connectivity index (χ4v) is 1.10. The number of nitrogens with one attached hydrogen (secondary N) is 2. The molecule has 0 aliphatic carbocycles. The summed E-state index contributed by atoms with van der Waals surface area (Å²) in [6, 6.07) is 1.45. The Labute approximate surface area is 105 Å². The highest BCUT2D eigenvalue weighted by Gasteiger charge is 2.17. The SMILES string of the molecule is CNC(=O)c1cc(CNC(=O)OC(C)(C)C)on1. The van der Waals surface area contributed by atoms with Crippen molar-refractivity contribution in [1.82, 2.24) is 15.8 Å². The maximum absolute atomic E-state index is 11.4. The zero-order valence-electron chi connectivity index (χ0n) is 10.9. The number of alkyl carbamates (subject to hydrolysis) is 1. The summed E-state index contributed by atoms with van der Waals surface area (Å²) in [5.74, 6) is 0.0294. The highest BCUT2D eigenvalue weighted by Crippen LogP contribution is 2.07. The van der Waals surface area contributed by atoms with E-state index in [4.69, 9.17) is 9.26 Å². The van der Waals surface area contributed by atoms with Gasteiger partial charge in [-0.1, -0.05) is 5.16 Å². The maximum atomic E-state index is 11.4. The van der Waals surface area contributed by atoms with Gasteiger partial charge in [0.2, 0.25) is 0 Å². The number of rotatable bonds is 3. The molecular weight excluding hydrogens is 238 g/mol. The maximum Gasteiger partial charge on any atom is 0.408 e. The number of aromatic nitrogens is 1. The lowest BCUT2D eigenvalue weighted by Gasteiger charge is -2.19. The smallest absolute Gasteiger partial charge is 0.408 e. The number of carbonyl (C=O) groups excluding carboxylic acids is 2. The van der Waals surface area contributed by atoms with Gasteiger partial charge in [0, 0.05) is 13.1 Å². The number of nitrogens with zero attached hydrogens (tertiary/aromatic N) is 1. The molecule has 0 aromatic carbocycles. The zero-order valence-corrected chi connectivity index (χ0v) is 10.9. The van der Waals surface area contributed by atoms with Gasteiger partial charge in [-0.2, -0.15) is 0 Å². The molecule has 0 radical (unpaired) electrons. The van der Waals surface area contributed by atoms with Crippen LogP contribution >= 0.6 is 0 Å². The highest BCUT2D eigenvalue weighted by molar-refractivity contribution is 5.91. The Balaban J connectivity index is 2.47.